The first-order chi connectivity index (χ1) is 13.5. The fourth-order valence-electron chi connectivity index (χ4n) is 2.65. The molecule has 11 heteroatoms. The highest BCUT2D eigenvalue weighted by atomic mass is 32.2. The lowest BCUT2D eigenvalue weighted by atomic mass is 10.1. The second-order valence-corrected chi connectivity index (χ2v) is 6.83. The minimum Gasteiger partial charge on any atom is -0.477 e. The van der Waals surface area contributed by atoms with Crippen LogP contribution in [0, 0.1) is 10.1 Å². The van der Waals surface area contributed by atoms with E-state index < -0.39 is 10.9 Å². The normalized spacial score (nSPS) is 14.9. The lowest BCUT2D eigenvalue weighted by Crippen LogP contribution is -2.36. The second kappa shape index (κ2) is 8.85. The molecule has 0 spiro atoms. The fourth-order valence-corrected chi connectivity index (χ4v) is 3.34. The van der Waals surface area contributed by atoms with Gasteiger partial charge in [-0.3, -0.25) is 10.1 Å². The number of anilines is 1. The minimum absolute atomic E-state index is 0.0836. The van der Waals surface area contributed by atoms with E-state index in [1.165, 1.54) is 12.1 Å². The fraction of sp³-hybridized carbons (Fsp3) is 0.353. The van der Waals surface area contributed by atoms with Crippen LogP contribution < -0.4 is 4.90 Å². The van der Waals surface area contributed by atoms with Crippen molar-refractivity contribution in [3.05, 3.63) is 44.7 Å². The third-order valence-electron chi connectivity index (χ3n) is 4.00. The molecule has 0 saturated carbocycles. The Kier molecular flexibility index (Phi) is 6.26. The molecule has 0 bridgehead atoms. The molecule has 1 aliphatic rings. The lowest BCUT2D eigenvalue weighted by Gasteiger charge is -2.28. The van der Waals surface area contributed by atoms with Crippen LogP contribution in [-0.4, -0.2) is 52.5 Å². The number of carboxylic acids is 1. The van der Waals surface area contributed by atoms with Gasteiger partial charge in [0.05, 0.1) is 18.1 Å². The molecule has 1 aromatic heterocycles. The zero-order valence-corrected chi connectivity index (χ0v) is 15.8. The number of carbonyl (C=O) groups is 1. The van der Waals surface area contributed by atoms with Crippen molar-refractivity contribution in [1.82, 2.24) is 10.2 Å². The number of morpholine rings is 1. The molecular weight excluding hydrogens is 388 g/mol. The van der Waals surface area contributed by atoms with Gasteiger partial charge in [0.15, 0.2) is 0 Å². The largest absolute Gasteiger partial charge is 0.477 e. The molecule has 28 heavy (non-hydrogen) atoms. The van der Waals surface area contributed by atoms with Crippen LogP contribution in [-0.2, 0) is 16.0 Å². The smallest absolute Gasteiger partial charge is 0.342 e. The molecule has 0 amide bonds. The SMILES string of the molecule is CCc1nnc(S/C(=C/c2ccc(N3CCOCC3)c([N+](=O)[O-])c2)C(=O)O)o1. The zero-order valence-electron chi connectivity index (χ0n) is 15.0. The Bertz CT molecular complexity index is 907. The highest BCUT2D eigenvalue weighted by Crippen LogP contribution is 2.33. The van der Waals surface area contributed by atoms with E-state index in [9.17, 15) is 20.0 Å². The summed E-state index contributed by atoms with van der Waals surface area (Å²) in [7, 11) is 0. The van der Waals surface area contributed by atoms with Gasteiger partial charge in [-0.2, -0.15) is 0 Å². The molecule has 1 saturated heterocycles. The number of thioether (sulfide) groups is 1. The van der Waals surface area contributed by atoms with E-state index in [4.69, 9.17) is 9.15 Å². The first-order valence-electron chi connectivity index (χ1n) is 8.54. The number of rotatable bonds is 7. The summed E-state index contributed by atoms with van der Waals surface area (Å²) in [6, 6.07) is 4.63. The molecule has 0 radical (unpaired) electrons. The molecule has 2 heterocycles. The van der Waals surface area contributed by atoms with Crippen molar-refractivity contribution >= 4 is 35.2 Å². The number of nitro benzene ring substituents is 1. The predicted molar refractivity (Wildman–Crippen MR) is 101 cm³/mol. The van der Waals surface area contributed by atoms with Gasteiger partial charge in [-0.1, -0.05) is 13.0 Å². The van der Waals surface area contributed by atoms with Crippen molar-refractivity contribution in [2.24, 2.45) is 0 Å². The van der Waals surface area contributed by atoms with Crippen LogP contribution in [0.4, 0.5) is 11.4 Å². The molecule has 2 aromatic rings. The molecule has 1 N–H and O–H groups in total. The average molecular weight is 406 g/mol. The van der Waals surface area contributed by atoms with Crippen LogP contribution >= 0.6 is 11.8 Å². The highest BCUT2D eigenvalue weighted by molar-refractivity contribution is 8.03. The second-order valence-electron chi connectivity index (χ2n) is 5.84. The number of ether oxygens (including phenoxy) is 1. The Balaban J connectivity index is 1.90. The molecule has 1 aromatic carbocycles. The topological polar surface area (TPSA) is 132 Å². The molecule has 1 fully saturated rings. The van der Waals surface area contributed by atoms with Gasteiger partial charge in [0.1, 0.15) is 10.6 Å². The molecule has 148 valence electrons. The number of aliphatic carboxylic acids is 1. The summed E-state index contributed by atoms with van der Waals surface area (Å²) in [6.07, 6.45) is 1.88. The van der Waals surface area contributed by atoms with E-state index in [0.717, 1.165) is 11.8 Å². The van der Waals surface area contributed by atoms with E-state index in [0.29, 0.717) is 49.9 Å². The Morgan fingerprint density at radius 2 is 2.14 bits per heavy atom. The van der Waals surface area contributed by atoms with Crippen LogP contribution in [0.25, 0.3) is 6.08 Å². The van der Waals surface area contributed by atoms with E-state index >= 15 is 0 Å². The summed E-state index contributed by atoms with van der Waals surface area (Å²) in [5.74, 6) is -0.793. The molecule has 10 nitrogen and oxygen atoms in total. The Morgan fingerprint density at radius 3 is 2.75 bits per heavy atom. The maximum atomic E-state index is 11.6. The molecular formula is C17H18N4O6S. The highest BCUT2D eigenvalue weighted by Gasteiger charge is 2.22. The van der Waals surface area contributed by atoms with Crippen molar-refractivity contribution in [3.8, 4) is 0 Å². The Hall–Kier alpha value is -2.92. The molecule has 0 aliphatic carbocycles. The maximum absolute atomic E-state index is 11.6. The minimum atomic E-state index is -1.19. The molecule has 1 aliphatic heterocycles. The van der Waals surface area contributed by atoms with Crippen LogP contribution in [0.15, 0.2) is 32.7 Å². The lowest BCUT2D eigenvalue weighted by molar-refractivity contribution is -0.384. The maximum Gasteiger partial charge on any atom is 0.342 e. The Morgan fingerprint density at radius 1 is 1.39 bits per heavy atom. The van der Waals surface area contributed by atoms with Gasteiger partial charge < -0.3 is 19.2 Å². The number of hydrogen-bond acceptors (Lipinski definition) is 9. The van der Waals surface area contributed by atoms with Crippen LogP contribution in [0.2, 0.25) is 0 Å². The summed E-state index contributed by atoms with van der Waals surface area (Å²) in [6.45, 7) is 3.96. The number of carboxylic acid groups (broad SMARTS) is 1. The third kappa shape index (κ3) is 4.67. The van der Waals surface area contributed by atoms with Gasteiger partial charge in [0.2, 0.25) is 5.89 Å². The first kappa shape index (κ1) is 19.8. The molecule has 0 unspecified atom stereocenters. The summed E-state index contributed by atoms with van der Waals surface area (Å²) >= 11 is 0.799. The first-order valence-corrected chi connectivity index (χ1v) is 9.36. The van der Waals surface area contributed by atoms with Crippen LogP contribution in [0.1, 0.15) is 18.4 Å². The van der Waals surface area contributed by atoms with Gasteiger partial charge in [-0.15, -0.1) is 10.2 Å². The van der Waals surface area contributed by atoms with Gasteiger partial charge in [-0.25, -0.2) is 4.79 Å². The van der Waals surface area contributed by atoms with Gasteiger partial charge in [0, 0.05) is 25.6 Å². The number of nitro groups is 1. The quantitative estimate of drug-likeness (QED) is 0.317. The number of aromatic nitrogens is 2. The Labute approximate surface area is 164 Å². The zero-order chi connectivity index (χ0) is 20.1. The summed E-state index contributed by atoms with van der Waals surface area (Å²) < 4.78 is 10.6. The summed E-state index contributed by atoms with van der Waals surface area (Å²) in [5.41, 5.74) is 0.791. The van der Waals surface area contributed by atoms with E-state index in [1.807, 2.05) is 11.8 Å². The van der Waals surface area contributed by atoms with Gasteiger partial charge in [0.25, 0.3) is 10.9 Å². The summed E-state index contributed by atoms with van der Waals surface area (Å²) in [4.78, 5) is 24.4. The van der Waals surface area contributed by atoms with Crippen molar-refractivity contribution in [1.29, 1.82) is 0 Å². The van der Waals surface area contributed by atoms with E-state index in [-0.39, 0.29) is 15.8 Å². The van der Waals surface area contributed by atoms with Crippen molar-refractivity contribution in [2.75, 3.05) is 31.2 Å². The summed E-state index contributed by atoms with van der Waals surface area (Å²) in [5, 5.41) is 28.7. The van der Waals surface area contributed by atoms with E-state index in [1.54, 1.807) is 12.1 Å². The van der Waals surface area contributed by atoms with Crippen molar-refractivity contribution in [2.45, 2.75) is 18.6 Å². The molecule has 3 rings (SSSR count). The average Bonchev–Trinajstić information content (AvgIpc) is 3.15. The van der Waals surface area contributed by atoms with Crippen LogP contribution in [0.5, 0.6) is 0 Å². The standard InChI is InChI=1S/C17H18N4O6S/c1-2-15-18-19-17(27-15)28-14(16(22)23)10-11-3-4-12(13(9-11)21(24)25)20-5-7-26-8-6-20/h3-4,9-10H,2,5-8H2,1H3,(H,22,23)/b14-10+. The van der Waals surface area contributed by atoms with E-state index in [2.05, 4.69) is 10.2 Å². The van der Waals surface area contributed by atoms with Crippen LogP contribution in [0.3, 0.4) is 0 Å². The van der Waals surface area contributed by atoms with Gasteiger partial charge in [-0.05, 0) is 29.5 Å². The number of aryl methyl sites for hydroxylation is 1. The predicted octanol–water partition coefficient (Wildman–Crippen LogP) is 2.59. The van der Waals surface area contributed by atoms with Gasteiger partial charge >= 0.3 is 5.97 Å². The number of benzene rings is 1. The van der Waals surface area contributed by atoms with Crippen molar-refractivity contribution < 1.29 is 24.0 Å². The monoisotopic (exact) mass is 406 g/mol. The number of hydrogen-bond donors (Lipinski definition) is 1. The third-order valence-corrected chi connectivity index (χ3v) is 4.86. The van der Waals surface area contributed by atoms with Crippen molar-refractivity contribution in [3.63, 3.8) is 0 Å². The number of nitrogens with zero attached hydrogens (tertiary/aromatic N) is 4. The molecule has 0 atom stereocenters.